The van der Waals surface area contributed by atoms with E-state index >= 15 is 0 Å². The molecule has 4 N–H and O–H groups in total. The van der Waals surface area contributed by atoms with Crippen LogP contribution in [0.25, 0.3) is 0 Å². The van der Waals surface area contributed by atoms with E-state index in [1.54, 1.807) is 0 Å². The van der Waals surface area contributed by atoms with Crippen LogP contribution in [0.5, 0.6) is 0 Å². The first-order valence-corrected chi connectivity index (χ1v) is 5.30. The minimum atomic E-state index is 0.185. The van der Waals surface area contributed by atoms with Crippen LogP contribution in [0.15, 0.2) is 0 Å². The summed E-state index contributed by atoms with van der Waals surface area (Å²) in [5.41, 5.74) is 11.0. The van der Waals surface area contributed by atoms with Crippen LogP contribution in [0.4, 0.5) is 11.9 Å². The first-order chi connectivity index (χ1) is 7.74. The van der Waals surface area contributed by atoms with Crippen molar-refractivity contribution in [3.05, 3.63) is 5.82 Å². The summed E-state index contributed by atoms with van der Waals surface area (Å²) in [4.78, 5) is 14.1. The van der Waals surface area contributed by atoms with Crippen molar-refractivity contribution in [2.75, 3.05) is 44.3 Å². The van der Waals surface area contributed by atoms with Crippen molar-refractivity contribution < 1.29 is 4.74 Å². The van der Waals surface area contributed by atoms with Crippen LogP contribution in [0.1, 0.15) is 5.82 Å². The summed E-state index contributed by atoms with van der Waals surface area (Å²) < 4.78 is 5.27. The van der Waals surface area contributed by atoms with Crippen LogP contribution >= 0.6 is 0 Å². The average Bonchev–Trinajstić information content (AvgIpc) is 2.27. The van der Waals surface area contributed by atoms with Gasteiger partial charge in [-0.25, -0.2) is 0 Å². The molecule has 1 aromatic heterocycles. The highest BCUT2D eigenvalue weighted by Crippen LogP contribution is 2.02. The lowest BCUT2D eigenvalue weighted by molar-refractivity contribution is 0.0382. The summed E-state index contributed by atoms with van der Waals surface area (Å²) in [5, 5.41) is 0. The molecule has 1 aliphatic rings. The third kappa shape index (κ3) is 3.01. The second kappa shape index (κ2) is 5.04. The molecule has 0 spiro atoms. The molecular weight excluding hydrogens is 208 g/mol. The summed E-state index contributed by atoms with van der Waals surface area (Å²) >= 11 is 0. The molecule has 2 rings (SSSR count). The topological polar surface area (TPSA) is 103 Å². The van der Waals surface area contributed by atoms with E-state index in [4.69, 9.17) is 16.2 Å². The molecule has 1 saturated heterocycles. The van der Waals surface area contributed by atoms with Crippen molar-refractivity contribution in [3.8, 4) is 0 Å². The fraction of sp³-hybridized carbons (Fsp3) is 0.667. The van der Waals surface area contributed by atoms with Gasteiger partial charge in [0.15, 0.2) is 0 Å². The highest BCUT2D eigenvalue weighted by Gasteiger charge is 2.11. The summed E-state index contributed by atoms with van der Waals surface area (Å²) in [7, 11) is 0. The number of aromatic nitrogens is 3. The van der Waals surface area contributed by atoms with E-state index in [-0.39, 0.29) is 11.9 Å². The van der Waals surface area contributed by atoms with E-state index in [0.29, 0.717) is 5.82 Å². The smallest absolute Gasteiger partial charge is 0.225 e. The Hall–Kier alpha value is -1.47. The van der Waals surface area contributed by atoms with Crippen molar-refractivity contribution in [2.45, 2.75) is 6.42 Å². The van der Waals surface area contributed by atoms with Gasteiger partial charge in [-0.1, -0.05) is 0 Å². The molecule has 1 fully saturated rings. The maximum atomic E-state index is 5.49. The maximum absolute atomic E-state index is 5.49. The molecule has 0 unspecified atom stereocenters. The van der Waals surface area contributed by atoms with Gasteiger partial charge in [-0.2, -0.15) is 15.0 Å². The molecule has 2 heterocycles. The lowest BCUT2D eigenvalue weighted by Gasteiger charge is -2.26. The second-order valence-electron chi connectivity index (χ2n) is 3.67. The lowest BCUT2D eigenvalue weighted by atomic mass is 10.3. The third-order valence-electron chi connectivity index (χ3n) is 2.47. The van der Waals surface area contributed by atoms with E-state index in [9.17, 15) is 0 Å². The first-order valence-electron chi connectivity index (χ1n) is 5.30. The molecule has 0 radical (unpaired) electrons. The van der Waals surface area contributed by atoms with Crippen molar-refractivity contribution in [1.82, 2.24) is 19.9 Å². The number of morpholine rings is 1. The van der Waals surface area contributed by atoms with Gasteiger partial charge in [-0.05, 0) is 0 Å². The molecule has 1 aliphatic heterocycles. The molecule has 0 aromatic carbocycles. The summed E-state index contributed by atoms with van der Waals surface area (Å²) in [5.74, 6) is 1.02. The summed E-state index contributed by atoms with van der Waals surface area (Å²) in [6.45, 7) is 4.39. The van der Waals surface area contributed by atoms with E-state index in [0.717, 1.165) is 39.3 Å². The predicted molar refractivity (Wildman–Crippen MR) is 59.6 cm³/mol. The molecule has 7 heteroatoms. The summed E-state index contributed by atoms with van der Waals surface area (Å²) in [6, 6.07) is 0. The van der Waals surface area contributed by atoms with Gasteiger partial charge in [0, 0.05) is 26.1 Å². The minimum Gasteiger partial charge on any atom is -0.379 e. The van der Waals surface area contributed by atoms with Gasteiger partial charge in [0.25, 0.3) is 0 Å². The number of anilines is 2. The number of nitrogen functional groups attached to an aromatic ring is 2. The lowest BCUT2D eigenvalue weighted by Crippen LogP contribution is -2.37. The zero-order valence-electron chi connectivity index (χ0n) is 9.09. The highest BCUT2D eigenvalue weighted by atomic mass is 16.5. The Labute approximate surface area is 93.8 Å². The van der Waals surface area contributed by atoms with E-state index in [1.807, 2.05) is 0 Å². The summed E-state index contributed by atoms with van der Waals surface area (Å²) in [6.07, 6.45) is 0.733. The average molecular weight is 224 g/mol. The van der Waals surface area contributed by atoms with Crippen molar-refractivity contribution in [1.29, 1.82) is 0 Å². The normalized spacial score (nSPS) is 17.5. The van der Waals surface area contributed by atoms with Gasteiger partial charge < -0.3 is 16.2 Å². The van der Waals surface area contributed by atoms with E-state index in [1.165, 1.54) is 0 Å². The standard InChI is InChI=1S/C9H16N6O/c10-8-12-7(13-9(11)14-8)1-2-15-3-5-16-6-4-15/h1-6H2,(H4,10,11,12,13,14). The Bertz CT molecular complexity index is 332. The van der Waals surface area contributed by atoms with Gasteiger partial charge in [-0.3, -0.25) is 4.90 Å². The van der Waals surface area contributed by atoms with Crippen molar-refractivity contribution in [2.24, 2.45) is 0 Å². The monoisotopic (exact) mass is 224 g/mol. The molecule has 0 aliphatic carbocycles. The quantitative estimate of drug-likeness (QED) is 0.672. The number of nitrogens with two attached hydrogens (primary N) is 2. The fourth-order valence-electron chi connectivity index (χ4n) is 1.65. The predicted octanol–water partition coefficient (Wildman–Crippen LogP) is -1.09. The van der Waals surface area contributed by atoms with Gasteiger partial charge >= 0.3 is 0 Å². The van der Waals surface area contributed by atoms with Gasteiger partial charge in [0.2, 0.25) is 11.9 Å². The van der Waals surface area contributed by atoms with Crippen LogP contribution in [0.3, 0.4) is 0 Å². The molecule has 0 bridgehead atoms. The Balaban J connectivity index is 1.88. The molecule has 16 heavy (non-hydrogen) atoms. The Kier molecular flexibility index (Phi) is 3.47. The second-order valence-corrected chi connectivity index (χ2v) is 3.67. The zero-order valence-corrected chi connectivity index (χ0v) is 9.09. The number of hydrogen-bond donors (Lipinski definition) is 2. The number of hydrogen-bond acceptors (Lipinski definition) is 7. The Morgan fingerprint density at radius 1 is 1.06 bits per heavy atom. The maximum Gasteiger partial charge on any atom is 0.225 e. The van der Waals surface area contributed by atoms with Crippen LogP contribution in [-0.2, 0) is 11.2 Å². The third-order valence-corrected chi connectivity index (χ3v) is 2.47. The van der Waals surface area contributed by atoms with Crippen molar-refractivity contribution in [3.63, 3.8) is 0 Å². The molecule has 0 saturated carbocycles. The molecule has 88 valence electrons. The highest BCUT2D eigenvalue weighted by molar-refractivity contribution is 5.25. The van der Waals surface area contributed by atoms with E-state index < -0.39 is 0 Å². The Morgan fingerprint density at radius 2 is 1.69 bits per heavy atom. The van der Waals surface area contributed by atoms with Crippen molar-refractivity contribution >= 4 is 11.9 Å². The zero-order chi connectivity index (χ0) is 11.4. The molecular formula is C9H16N6O. The SMILES string of the molecule is Nc1nc(N)nc(CCN2CCOCC2)n1. The van der Waals surface area contributed by atoms with Crippen LogP contribution in [0, 0.1) is 0 Å². The minimum absolute atomic E-state index is 0.185. The Morgan fingerprint density at radius 3 is 2.31 bits per heavy atom. The van der Waals surface area contributed by atoms with E-state index in [2.05, 4.69) is 19.9 Å². The van der Waals surface area contributed by atoms with Crippen LogP contribution in [-0.4, -0.2) is 52.7 Å². The number of rotatable bonds is 3. The van der Waals surface area contributed by atoms with Gasteiger partial charge in [0.05, 0.1) is 13.2 Å². The van der Waals surface area contributed by atoms with Gasteiger partial charge in [-0.15, -0.1) is 0 Å². The number of ether oxygens (including phenoxy) is 1. The molecule has 1 aromatic rings. The molecule has 7 nitrogen and oxygen atoms in total. The van der Waals surface area contributed by atoms with Gasteiger partial charge in [0.1, 0.15) is 5.82 Å². The first kappa shape index (κ1) is 11.0. The van der Waals surface area contributed by atoms with Crippen LogP contribution in [0.2, 0.25) is 0 Å². The largest absolute Gasteiger partial charge is 0.379 e. The fourth-order valence-corrected chi connectivity index (χ4v) is 1.65. The molecule has 0 atom stereocenters. The number of nitrogens with zero attached hydrogens (tertiary/aromatic N) is 4. The molecule has 0 amide bonds. The van der Waals surface area contributed by atoms with Crippen LogP contribution < -0.4 is 11.5 Å².